The molecule has 1 fully saturated rings. The van der Waals surface area contributed by atoms with E-state index in [4.69, 9.17) is 11.6 Å². The standard InChI is InChI=1S/C14H16ClFN2O2/c1-2-18-8-10(6-13(18)19)14(20)17-7-9-3-4-12(16)11(15)5-9/h3-5,10H,2,6-8H2,1H3,(H,17,20)/t10-/m1/s1. The smallest absolute Gasteiger partial charge is 0.225 e. The summed E-state index contributed by atoms with van der Waals surface area (Å²) >= 11 is 5.67. The van der Waals surface area contributed by atoms with E-state index in [9.17, 15) is 14.0 Å². The second kappa shape index (κ2) is 6.22. The highest BCUT2D eigenvalue weighted by molar-refractivity contribution is 6.30. The van der Waals surface area contributed by atoms with Crippen LogP contribution in [-0.2, 0) is 16.1 Å². The highest BCUT2D eigenvalue weighted by Crippen LogP contribution is 2.18. The quantitative estimate of drug-likeness (QED) is 0.924. The molecule has 1 atom stereocenters. The minimum Gasteiger partial charge on any atom is -0.352 e. The van der Waals surface area contributed by atoms with Gasteiger partial charge in [0.2, 0.25) is 11.8 Å². The topological polar surface area (TPSA) is 49.4 Å². The van der Waals surface area contributed by atoms with Crippen molar-refractivity contribution in [3.05, 3.63) is 34.6 Å². The molecule has 2 amide bonds. The van der Waals surface area contributed by atoms with Gasteiger partial charge in [0.1, 0.15) is 5.82 Å². The molecule has 108 valence electrons. The number of likely N-dealkylation sites (tertiary alicyclic amines) is 1. The molecule has 1 aliphatic rings. The van der Waals surface area contributed by atoms with Gasteiger partial charge in [-0.2, -0.15) is 0 Å². The van der Waals surface area contributed by atoms with Crippen LogP contribution in [0, 0.1) is 11.7 Å². The molecule has 2 rings (SSSR count). The molecule has 0 unspecified atom stereocenters. The predicted octanol–water partition coefficient (Wildman–Crippen LogP) is 1.96. The summed E-state index contributed by atoms with van der Waals surface area (Å²) in [7, 11) is 0. The molecule has 1 aromatic carbocycles. The van der Waals surface area contributed by atoms with Crippen molar-refractivity contribution in [3.63, 3.8) is 0 Å². The Morgan fingerprint density at radius 3 is 2.90 bits per heavy atom. The number of hydrogen-bond acceptors (Lipinski definition) is 2. The largest absolute Gasteiger partial charge is 0.352 e. The number of rotatable bonds is 4. The molecule has 0 saturated carbocycles. The molecule has 1 N–H and O–H groups in total. The van der Waals surface area contributed by atoms with E-state index in [1.54, 1.807) is 11.0 Å². The van der Waals surface area contributed by atoms with Crippen LogP contribution >= 0.6 is 11.6 Å². The van der Waals surface area contributed by atoms with E-state index in [0.29, 0.717) is 13.1 Å². The lowest BCUT2D eigenvalue weighted by Crippen LogP contribution is -2.32. The summed E-state index contributed by atoms with van der Waals surface area (Å²) < 4.78 is 13.0. The molecule has 1 heterocycles. The van der Waals surface area contributed by atoms with Gasteiger partial charge in [-0.05, 0) is 24.6 Å². The van der Waals surface area contributed by atoms with E-state index in [1.807, 2.05) is 6.92 Å². The van der Waals surface area contributed by atoms with Crippen LogP contribution in [0.3, 0.4) is 0 Å². The molecule has 0 radical (unpaired) electrons. The molecule has 20 heavy (non-hydrogen) atoms. The Labute approximate surface area is 121 Å². The number of nitrogens with one attached hydrogen (secondary N) is 1. The molecule has 1 saturated heterocycles. The molecule has 0 spiro atoms. The van der Waals surface area contributed by atoms with E-state index >= 15 is 0 Å². The average molecular weight is 299 g/mol. The van der Waals surface area contributed by atoms with E-state index < -0.39 is 5.82 Å². The molecule has 0 aliphatic carbocycles. The Morgan fingerprint density at radius 2 is 2.30 bits per heavy atom. The van der Waals surface area contributed by atoms with E-state index in [0.717, 1.165) is 5.56 Å². The Morgan fingerprint density at radius 1 is 1.55 bits per heavy atom. The monoisotopic (exact) mass is 298 g/mol. The van der Waals surface area contributed by atoms with Crippen molar-refractivity contribution in [3.8, 4) is 0 Å². The second-order valence-corrected chi connectivity index (χ2v) is 5.21. The summed E-state index contributed by atoms with van der Waals surface area (Å²) in [4.78, 5) is 25.2. The average Bonchev–Trinajstić information content (AvgIpc) is 2.81. The van der Waals surface area contributed by atoms with Crippen molar-refractivity contribution in [2.75, 3.05) is 13.1 Å². The van der Waals surface area contributed by atoms with Crippen molar-refractivity contribution < 1.29 is 14.0 Å². The number of carbonyl (C=O) groups excluding carboxylic acids is 2. The van der Waals surface area contributed by atoms with Crippen molar-refractivity contribution in [1.29, 1.82) is 0 Å². The molecular formula is C14H16ClFN2O2. The van der Waals surface area contributed by atoms with Gasteiger partial charge in [-0.3, -0.25) is 9.59 Å². The molecule has 0 aromatic heterocycles. The van der Waals surface area contributed by atoms with Gasteiger partial charge in [0.05, 0.1) is 10.9 Å². The van der Waals surface area contributed by atoms with Crippen LogP contribution in [0.25, 0.3) is 0 Å². The maximum absolute atomic E-state index is 13.0. The second-order valence-electron chi connectivity index (χ2n) is 4.80. The van der Waals surface area contributed by atoms with E-state index in [2.05, 4.69) is 5.32 Å². The number of hydrogen-bond donors (Lipinski definition) is 1. The molecular weight excluding hydrogens is 283 g/mol. The van der Waals surface area contributed by atoms with Gasteiger partial charge < -0.3 is 10.2 Å². The number of nitrogens with zero attached hydrogens (tertiary/aromatic N) is 1. The van der Waals surface area contributed by atoms with Crippen molar-refractivity contribution in [2.45, 2.75) is 19.9 Å². The van der Waals surface area contributed by atoms with Gasteiger partial charge in [0.25, 0.3) is 0 Å². The first kappa shape index (κ1) is 14.8. The molecule has 6 heteroatoms. The first-order chi connectivity index (χ1) is 9.51. The first-order valence-electron chi connectivity index (χ1n) is 6.50. The Balaban J connectivity index is 1.89. The summed E-state index contributed by atoms with van der Waals surface area (Å²) in [6.45, 7) is 3.25. The van der Waals surface area contributed by atoms with Gasteiger partial charge in [-0.1, -0.05) is 17.7 Å². The first-order valence-corrected chi connectivity index (χ1v) is 6.88. The van der Waals surface area contributed by atoms with Crippen molar-refractivity contribution in [1.82, 2.24) is 10.2 Å². The van der Waals surface area contributed by atoms with Crippen LogP contribution in [0.15, 0.2) is 18.2 Å². The lowest BCUT2D eigenvalue weighted by atomic mass is 10.1. The van der Waals surface area contributed by atoms with Crippen LogP contribution in [0.1, 0.15) is 18.9 Å². The number of amides is 2. The zero-order valence-corrected chi connectivity index (χ0v) is 11.9. The number of halogens is 2. The van der Waals surface area contributed by atoms with Gasteiger partial charge in [0, 0.05) is 26.1 Å². The molecule has 4 nitrogen and oxygen atoms in total. The Kier molecular flexibility index (Phi) is 4.60. The van der Waals surface area contributed by atoms with Crippen LogP contribution in [0.4, 0.5) is 4.39 Å². The fraction of sp³-hybridized carbons (Fsp3) is 0.429. The van der Waals surface area contributed by atoms with E-state index in [-0.39, 0.29) is 35.7 Å². The molecule has 1 aliphatic heterocycles. The zero-order valence-electron chi connectivity index (χ0n) is 11.2. The fourth-order valence-corrected chi connectivity index (χ4v) is 2.44. The lowest BCUT2D eigenvalue weighted by molar-refractivity contribution is -0.128. The summed E-state index contributed by atoms with van der Waals surface area (Å²) in [5.41, 5.74) is 0.724. The van der Waals surface area contributed by atoms with Crippen LogP contribution < -0.4 is 5.32 Å². The predicted molar refractivity (Wildman–Crippen MR) is 73.6 cm³/mol. The van der Waals surface area contributed by atoms with Crippen LogP contribution in [0.2, 0.25) is 5.02 Å². The third-order valence-electron chi connectivity index (χ3n) is 3.42. The van der Waals surface area contributed by atoms with Gasteiger partial charge in [0.15, 0.2) is 0 Å². The van der Waals surface area contributed by atoms with Gasteiger partial charge in [-0.25, -0.2) is 4.39 Å². The van der Waals surface area contributed by atoms with Crippen molar-refractivity contribution in [2.24, 2.45) is 5.92 Å². The number of carbonyl (C=O) groups is 2. The van der Waals surface area contributed by atoms with E-state index in [1.165, 1.54) is 12.1 Å². The molecule has 0 bridgehead atoms. The Hall–Kier alpha value is -1.62. The van der Waals surface area contributed by atoms with Gasteiger partial charge >= 0.3 is 0 Å². The zero-order chi connectivity index (χ0) is 14.7. The van der Waals surface area contributed by atoms with Crippen molar-refractivity contribution >= 4 is 23.4 Å². The minimum atomic E-state index is -0.485. The normalized spacial score (nSPS) is 18.4. The highest BCUT2D eigenvalue weighted by Gasteiger charge is 2.33. The van der Waals surface area contributed by atoms with Crippen LogP contribution in [0.5, 0.6) is 0 Å². The SMILES string of the molecule is CCN1C[C@H](C(=O)NCc2ccc(F)c(Cl)c2)CC1=O. The maximum Gasteiger partial charge on any atom is 0.225 e. The highest BCUT2D eigenvalue weighted by atomic mass is 35.5. The third kappa shape index (κ3) is 3.28. The summed E-state index contributed by atoms with van der Waals surface area (Å²) in [6.07, 6.45) is 0.254. The molecule has 1 aromatic rings. The number of benzene rings is 1. The van der Waals surface area contributed by atoms with Crippen LogP contribution in [-0.4, -0.2) is 29.8 Å². The lowest BCUT2D eigenvalue weighted by Gasteiger charge is -2.13. The summed E-state index contributed by atoms with van der Waals surface area (Å²) in [5.74, 6) is -0.938. The van der Waals surface area contributed by atoms with Gasteiger partial charge in [-0.15, -0.1) is 0 Å². The third-order valence-corrected chi connectivity index (χ3v) is 3.71. The maximum atomic E-state index is 13.0. The Bertz CT molecular complexity index is 536. The minimum absolute atomic E-state index is 0.0116. The fourth-order valence-electron chi connectivity index (χ4n) is 2.24. The summed E-state index contributed by atoms with van der Waals surface area (Å²) in [6, 6.07) is 4.32. The summed E-state index contributed by atoms with van der Waals surface area (Å²) in [5, 5.41) is 2.79.